The van der Waals surface area contributed by atoms with Crippen molar-refractivity contribution in [2.45, 2.75) is 43.6 Å². The van der Waals surface area contributed by atoms with Crippen LogP contribution in [0.5, 0.6) is 0 Å². The number of hydrogen-bond donors (Lipinski definition) is 0. The van der Waals surface area contributed by atoms with Crippen LogP contribution in [0.2, 0.25) is 0 Å². The van der Waals surface area contributed by atoms with Gasteiger partial charge >= 0.3 is 0 Å². The molecule has 0 unspecified atom stereocenters. The molecule has 1 aromatic carbocycles. The topological polar surface area (TPSA) is 70.4 Å². The highest BCUT2D eigenvalue weighted by Gasteiger charge is 2.30. The van der Waals surface area contributed by atoms with Gasteiger partial charge in [0.2, 0.25) is 10.0 Å². The van der Waals surface area contributed by atoms with Crippen molar-refractivity contribution < 1.29 is 17.5 Å². The third kappa shape index (κ3) is 4.08. The Morgan fingerprint density at radius 1 is 1.39 bits per heavy atom. The minimum atomic E-state index is -3.88. The van der Waals surface area contributed by atoms with Gasteiger partial charge in [-0.2, -0.15) is 9.57 Å². The Bertz CT molecular complexity index is 685. The molecule has 0 aromatic heterocycles. The Balaban J connectivity index is 2.21. The summed E-state index contributed by atoms with van der Waals surface area (Å²) in [5.41, 5.74) is -0.421. The van der Waals surface area contributed by atoms with Crippen molar-refractivity contribution >= 4 is 10.0 Å². The van der Waals surface area contributed by atoms with Crippen LogP contribution in [0.3, 0.4) is 0 Å². The van der Waals surface area contributed by atoms with E-state index in [0.717, 1.165) is 18.9 Å². The molecule has 0 amide bonds. The van der Waals surface area contributed by atoms with Crippen molar-refractivity contribution in [2.24, 2.45) is 0 Å². The fourth-order valence-corrected chi connectivity index (χ4v) is 4.34. The van der Waals surface area contributed by atoms with Crippen LogP contribution >= 0.6 is 0 Å². The molecular formula is C16H21FN2O3S. The Morgan fingerprint density at radius 2 is 2.17 bits per heavy atom. The smallest absolute Gasteiger partial charge is 0.244 e. The van der Waals surface area contributed by atoms with E-state index in [1.165, 1.54) is 16.4 Å². The predicted octanol–water partition coefficient (Wildman–Crippen LogP) is 2.67. The van der Waals surface area contributed by atoms with E-state index >= 15 is 0 Å². The van der Waals surface area contributed by atoms with Gasteiger partial charge in [-0.25, -0.2) is 12.8 Å². The second-order valence-electron chi connectivity index (χ2n) is 5.55. The highest BCUT2D eigenvalue weighted by Crippen LogP contribution is 2.25. The fraction of sp³-hybridized carbons (Fsp3) is 0.562. The molecule has 2 rings (SSSR count). The molecule has 1 aliphatic rings. The molecule has 126 valence electrons. The van der Waals surface area contributed by atoms with Crippen molar-refractivity contribution in [3.05, 3.63) is 29.6 Å². The van der Waals surface area contributed by atoms with Gasteiger partial charge in [-0.1, -0.05) is 13.0 Å². The average Bonchev–Trinajstić information content (AvgIpc) is 2.78. The number of benzene rings is 1. The molecule has 5 nitrogen and oxygen atoms in total. The summed E-state index contributed by atoms with van der Waals surface area (Å²) in [6.45, 7) is 3.37. The molecule has 23 heavy (non-hydrogen) atoms. The molecule has 1 saturated heterocycles. The molecule has 0 bridgehead atoms. The summed E-state index contributed by atoms with van der Waals surface area (Å²) in [4.78, 5) is -0.257. The Kier molecular flexibility index (Phi) is 6.10. The monoisotopic (exact) mass is 340 g/mol. The first-order valence-corrected chi connectivity index (χ1v) is 9.25. The molecule has 0 N–H and O–H groups in total. The summed E-state index contributed by atoms with van der Waals surface area (Å²) in [7, 11) is -3.88. The number of hydrogen-bond acceptors (Lipinski definition) is 4. The first-order valence-electron chi connectivity index (χ1n) is 7.81. The maximum atomic E-state index is 13.7. The summed E-state index contributed by atoms with van der Waals surface area (Å²) < 4.78 is 46.3. The Morgan fingerprint density at radius 3 is 2.87 bits per heavy atom. The summed E-state index contributed by atoms with van der Waals surface area (Å²) in [5, 5.41) is 9.06. The molecular weight excluding hydrogens is 319 g/mol. The molecule has 1 aliphatic heterocycles. The maximum Gasteiger partial charge on any atom is 0.244 e. The van der Waals surface area contributed by atoms with Crippen molar-refractivity contribution in [3.63, 3.8) is 0 Å². The number of rotatable bonds is 5. The van der Waals surface area contributed by atoms with Gasteiger partial charge < -0.3 is 4.74 Å². The minimum absolute atomic E-state index is 0.0538. The lowest BCUT2D eigenvalue weighted by Gasteiger charge is -2.21. The van der Waals surface area contributed by atoms with Crippen LogP contribution in [-0.2, 0) is 14.8 Å². The zero-order valence-corrected chi connectivity index (χ0v) is 14.0. The van der Waals surface area contributed by atoms with Crippen molar-refractivity contribution in [3.8, 4) is 6.07 Å². The molecule has 0 saturated carbocycles. The molecule has 1 fully saturated rings. The van der Waals surface area contributed by atoms with Crippen LogP contribution in [-0.4, -0.2) is 38.5 Å². The Hall–Kier alpha value is -1.49. The Labute approximate surface area is 136 Å². The average molecular weight is 340 g/mol. The fourth-order valence-electron chi connectivity index (χ4n) is 2.70. The molecule has 0 spiro atoms. The van der Waals surface area contributed by atoms with Crippen LogP contribution in [0, 0.1) is 17.1 Å². The van der Waals surface area contributed by atoms with Gasteiger partial charge in [-0.05, 0) is 37.8 Å². The number of halogens is 1. The molecule has 1 aromatic rings. The third-order valence-electron chi connectivity index (χ3n) is 3.90. The lowest BCUT2D eigenvalue weighted by molar-refractivity contribution is 0.0450. The predicted molar refractivity (Wildman–Crippen MR) is 83.8 cm³/mol. The van der Waals surface area contributed by atoms with Crippen LogP contribution in [0.25, 0.3) is 0 Å². The molecule has 0 aliphatic carbocycles. The van der Waals surface area contributed by atoms with Gasteiger partial charge in [-0.3, -0.25) is 0 Å². The number of nitrogens with zero attached hydrogens (tertiary/aromatic N) is 2. The van der Waals surface area contributed by atoms with Gasteiger partial charge in [0.15, 0.2) is 0 Å². The van der Waals surface area contributed by atoms with E-state index in [-0.39, 0.29) is 11.0 Å². The first-order chi connectivity index (χ1) is 11.0. The van der Waals surface area contributed by atoms with Gasteiger partial charge in [0.25, 0.3) is 0 Å². The molecule has 7 heteroatoms. The molecule has 1 heterocycles. The van der Waals surface area contributed by atoms with Gasteiger partial charge in [-0.15, -0.1) is 0 Å². The quantitative estimate of drug-likeness (QED) is 0.826. The first kappa shape index (κ1) is 17.9. The summed E-state index contributed by atoms with van der Waals surface area (Å²) >= 11 is 0. The normalized spacial score (nSPS) is 20.0. The van der Waals surface area contributed by atoms with Gasteiger partial charge in [0.1, 0.15) is 22.3 Å². The number of ether oxygens (including phenoxy) is 1. The SMILES string of the molecule is CCCO[C@@H]1CCCN(S(=O)(=O)c2cccc(F)c2C#N)CC1. The summed E-state index contributed by atoms with van der Waals surface area (Å²) in [6, 6.07) is 5.35. The second-order valence-corrected chi connectivity index (χ2v) is 7.46. The highest BCUT2D eigenvalue weighted by molar-refractivity contribution is 7.89. The van der Waals surface area contributed by atoms with E-state index in [1.807, 2.05) is 6.92 Å². The minimum Gasteiger partial charge on any atom is -0.378 e. The zero-order chi connectivity index (χ0) is 16.9. The lowest BCUT2D eigenvalue weighted by atomic mass is 10.2. The lowest BCUT2D eigenvalue weighted by Crippen LogP contribution is -2.33. The van der Waals surface area contributed by atoms with E-state index < -0.39 is 21.4 Å². The van der Waals surface area contributed by atoms with Crippen LogP contribution < -0.4 is 0 Å². The molecule has 1 atom stereocenters. The summed E-state index contributed by atoms with van der Waals surface area (Å²) in [5.74, 6) is -0.812. The van der Waals surface area contributed by atoms with Crippen molar-refractivity contribution in [2.75, 3.05) is 19.7 Å². The highest BCUT2D eigenvalue weighted by atomic mass is 32.2. The van der Waals surface area contributed by atoms with E-state index in [0.29, 0.717) is 32.5 Å². The number of sulfonamides is 1. The number of nitriles is 1. The van der Waals surface area contributed by atoms with E-state index in [2.05, 4.69) is 0 Å². The zero-order valence-electron chi connectivity index (χ0n) is 13.2. The van der Waals surface area contributed by atoms with Crippen molar-refractivity contribution in [1.82, 2.24) is 4.31 Å². The largest absolute Gasteiger partial charge is 0.378 e. The van der Waals surface area contributed by atoms with Gasteiger partial charge in [0, 0.05) is 19.7 Å². The van der Waals surface area contributed by atoms with E-state index in [1.54, 1.807) is 6.07 Å². The van der Waals surface area contributed by atoms with Crippen molar-refractivity contribution in [1.29, 1.82) is 5.26 Å². The van der Waals surface area contributed by atoms with Crippen LogP contribution in [0.4, 0.5) is 4.39 Å². The third-order valence-corrected chi connectivity index (χ3v) is 5.84. The van der Waals surface area contributed by atoms with Crippen LogP contribution in [0.15, 0.2) is 23.1 Å². The van der Waals surface area contributed by atoms with E-state index in [9.17, 15) is 12.8 Å². The maximum absolute atomic E-state index is 13.7. The van der Waals surface area contributed by atoms with Crippen LogP contribution in [0.1, 0.15) is 38.2 Å². The summed E-state index contributed by atoms with van der Waals surface area (Å²) in [6.07, 6.45) is 3.08. The standard InChI is InChI=1S/C16H21FN2O3S/c1-2-11-22-13-5-4-9-19(10-8-13)23(20,21)16-7-3-6-15(17)14(16)12-18/h3,6-7,13H,2,4-5,8-11H2,1H3/t13-/m1/s1. The van der Waals surface area contributed by atoms with E-state index in [4.69, 9.17) is 10.00 Å². The second kappa shape index (κ2) is 7.86. The molecule has 0 radical (unpaired) electrons. The van der Waals surface area contributed by atoms with Gasteiger partial charge in [0.05, 0.1) is 6.10 Å².